The van der Waals surface area contributed by atoms with Crippen molar-refractivity contribution in [3.63, 3.8) is 0 Å². The third-order valence-electron chi connectivity index (χ3n) is 3.62. The minimum Gasteiger partial charge on any atom is -0.300 e. The zero-order valence-electron chi connectivity index (χ0n) is 13.5. The number of benzene rings is 1. The van der Waals surface area contributed by atoms with Crippen molar-refractivity contribution in [1.82, 2.24) is 20.0 Å². The number of carbonyl (C=O) groups is 1. The van der Waals surface area contributed by atoms with Gasteiger partial charge in [0.25, 0.3) is 0 Å². The van der Waals surface area contributed by atoms with E-state index in [1.54, 1.807) is 0 Å². The molecule has 0 aliphatic carbocycles. The number of nitrogens with one attached hydrogen (secondary N) is 1. The van der Waals surface area contributed by atoms with Gasteiger partial charge in [-0.2, -0.15) is 5.10 Å². The third-order valence-corrected chi connectivity index (χ3v) is 4.63. The van der Waals surface area contributed by atoms with Crippen molar-refractivity contribution in [2.45, 2.75) is 27.2 Å². The molecular weight excluding hydrogens is 346 g/mol. The van der Waals surface area contributed by atoms with E-state index in [0.29, 0.717) is 10.2 Å². The molecule has 1 amide bonds. The Morgan fingerprint density at radius 1 is 1.21 bits per heavy atom. The predicted molar refractivity (Wildman–Crippen MR) is 95.0 cm³/mol. The van der Waals surface area contributed by atoms with E-state index in [-0.39, 0.29) is 12.3 Å². The second kappa shape index (κ2) is 6.70. The van der Waals surface area contributed by atoms with Crippen LogP contribution in [0.3, 0.4) is 0 Å². The SMILES string of the molecule is Cc1nnc(NC(=O)Cc2c(C)nn(-c3ccc(Cl)cc3)c2C)s1. The Hall–Kier alpha value is -2.25. The van der Waals surface area contributed by atoms with Gasteiger partial charge in [0.1, 0.15) is 5.01 Å². The minimum atomic E-state index is -0.131. The molecule has 124 valence electrons. The monoisotopic (exact) mass is 361 g/mol. The first-order valence-corrected chi connectivity index (χ1v) is 8.54. The van der Waals surface area contributed by atoms with Gasteiger partial charge in [0.05, 0.1) is 17.8 Å². The lowest BCUT2D eigenvalue weighted by molar-refractivity contribution is -0.115. The number of rotatable bonds is 4. The highest BCUT2D eigenvalue weighted by Gasteiger charge is 2.17. The Labute approximate surface area is 148 Å². The molecule has 0 spiro atoms. The molecule has 0 radical (unpaired) electrons. The van der Waals surface area contributed by atoms with Crippen LogP contribution in [-0.4, -0.2) is 25.9 Å². The summed E-state index contributed by atoms with van der Waals surface area (Å²) in [5, 5.41) is 17.1. The lowest BCUT2D eigenvalue weighted by atomic mass is 10.1. The molecule has 8 heteroatoms. The summed E-state index contributed by atoms with van der Waals surface area (Å²) in [6, 6.07) is 7.43. The van der Waals surface area contributed by atoms with Gasteiger partial charge >= 0.3 is 0 Å². The normalized spacial score (nSPS) is 10.8. The van der Waals surface area contributed by atoms with Crippen LogP contribution >= 0.6 is 22.9 Å². The van der Waals surface area contributed by atoms with Crippen LogP contribution in [0.15, 0.2) is 24.3 Å². The van der Waals surface area contributed by atoms with Gasteiger partial charge in [-0.25, -0.2) is 4.68 Å². The van der Waals surface area contributed by atoms with Gasteiger partial charge in [0, 0.05) is 16.3 Å². The van der Waals surface area contributed by atoms with Gasteiger partial charge in [0.2, 0.25) is 11.0 Å². The van der Waals surface area contributed by atoms with E-state index in [4.69, 9.17) is 11.6 Å². The number of aryl methyl sites for hydroxylation is 2. The van der Waals surface area contributed by atoms with Gasteiger partial charge < -0.3 is 5.32 Å². The van der Waals surface area contributed by atoms with Crippen molar-refractivity contribution in [1.29, 1.82) is 0 Å². The molecule has 2 aromatic heterocycles. The van der Waals surface area contributed by atoms with Crippen LogP contribution in [0.5, 0.6) is 0 Å². The van der Waals surface area contributed by atoms with Gasteiger partial charge in [-0.15, -0.1) is 10.2 Å². The summed E-state index contributed by atoms with van der Waals surface area (Å²) in [6.07, 6.45) is 0.240. The van der Waals surface area contributed by atoms with Crippen molar-refractivity contribution >= 4 is 34.0 Å². The maximum atomic E-state index is 12.3. The van der Waals surface area contributed by atoms with E-state index in [0.717, 1.165) is 27.6 Å². The van der Waals surface area contributed by atoms with Crippen LogP contribution < -0.4 is 5.32 Å². The first kappa shape index (κ1) is 16.6. The van der Waals surface area contributed by atoms with E-state index >= 15 is 0 Å². The number of nitrogens with zero attached hydrogens (tertiary/aromatic N) is 4. The second-order valence-corrected chi connectivity index (χ2v) is 7.01. The minimum absolute atomic E-state index is 0.131. The summed E-state index contributed by atoms with van der Waals surface area (Å²) in [5.41, 5.74) is 3.57. The predicted octanol–water partition coefficient (Wildman–Crippen LogP) is 3.48. The quantitative estimate of drug-likeness (QED) is 0.772. The molecule has 1 N–H and O–H groups in total. The van der Waals surface area contributed by atoms with E-state index in [9.17, 15) is 4.79 Å². The summed E-state index contributed by atoms with van der Waals surface area (Å²) < 4.78 is 1.82. The number of anilines is 1. The van der Waals surface area contributed by atoms with Gasteiger partial charge in [-0.05, 0) is 45.0 Å². The first-order chi connectivity index (χ1) is 11.4. The molecule has 1 aromatic carbocycles. The lowest BCUT2D eigenvalue weighted by Gasteiger charge is -2.06. The molecule has 24 heavy (non-hydrogen) atoms. The molecule has 0 fully saturated rings. The summed E-state index contributed by atoms with van der Waals surface area (Å²) in [7, 11) is 0. The van der Waals surface area contributed by atoms with E-state index < -0.39 is 0 Å². The van der Waals surface area contributed by atoms with Crippen LogP contribution in [0.4, 0.5) is 5.13 Å². The van der Waals surface area contributed by atoms with Crippen LogP contribution in [0, 0.1) is 20.8 Å². The molecule has 0 bridgehead atoms. The molecule has 0 aliphatic heterocycles. The summed E-state index contributed by atoms with van der Waals surface area (Å²) in [6.45, 7) is 5.70. The molecule has 6 nitrogen and oxygen atoms in total. The Morgan fingerprint density at radius 3 is 2.54 bits per heavy atom. The standard InChI is InChI=1S/C16H16ClN5OS/c1-9-14(8-15(23)18-16-20-19-11(3)24-16)10(2)22(21-9)13-6-4-12(17)5-7-13/h4-7H,8H2,1-3H3,(H,18,20,23). The van der Waals surface area contributed by atoms with E-state index in [2.05, 4.69) is 20.6 Å². The number of halogens is 1. The highest BCUT2D eigenvalue weighted by Crippen LogP contribution is 2.21. The number of aromatic nitrogens is 4. The molecule has 0 saturated heterocycles. The number of carbonyl (C=O) groups excluding carboxylic acids is 1. The third kappa shape index (κ3) is 3.47. The molecule has 0 aliphatic rings. The summed E-state index contributed by atoms with van der Waals surface area (Å²) >= 11 is 7.28. The van der Waals surface area contributed by atoms with Crippen LogP contribution in [-0.2, 0) is 11.2 Å². The molecular formula is C16H16ClN5OS. The number of hydrogen-bond donors (Lipinski definition) is 1. The van der Waals surface area contributed by atoms with Crippen molar-refractivity contribution in [3.8, 4) is 5.69 Å². The van der Waals surface area contributed by atoms with Crippen molar-refractivity contribution in [2.75, 3.05) is 5.32 Å². The zero-order valence-corrected chi connectivity index (χ0v) is 15.1. The maximum absolute atomic E-state index is 12.3. The van der Waals surface area contributed by atoms with Crippen LogP contribution in [0.2, 0.25) is 5.02 Å². The number of amides is 1. The second-order valence-electron chi connectivity index (χ2n) is 5.39. The Bertz CT molecular complexity index is 885. The Morgan fingerprint density at radius 2 is 1.92 bits per heavy atom. The molecule has 0 unspecified atom stereocenters. The van der Waals surface area contributed by atoms with Crippen LogP contribution in [0.25, 0.3) is 5.69 Å². The highest BCUT2D eigenvalue weighted by molar-refractivity contribution is 7.15. The summed E-state index contributed by atoms with van der Waals surface area (Å²) in [4.78, 5) is 12.3. The van der Waals surface area contributed by atoms with E-state index in [1.165, 1.54) is 11.3 Å². The van der Waals surface area contributed by atoms with Gasteiger partial charge in [0.15, 0.2) is 0 Å². The smallest absolute Gasteiger partial charge is 0.230 e. The first-order valence-electron chi connectivity index (χ1n) is 7.35. The fraction of sp³-hybridized carbons (Fsp3) is 0.250. The maximum Gasteiger partial charge on any atom is 0.230 e. The van der Waals surface area contributed by atoms with Crippen LogP contribution in [0.1, 0.15) is 22.0 Å². The largest absolute Gasteiger partial charge is 0.300 e. The molecule has 3 rings (SSSR count). The van der Waals surface area contributed by atoms with Gasteiger partial charge in [-0.3, -0.25) is 4.79 Å². The molecule has 3 aromatic rings. The average molecular weight is 362 g/mol. The Balaban J connectivity index is 1.81. The van der Waals surface area contributed by atoms with Crippen molar-refractivity contribution < 1.29 is 4.79 Å². The van der Waals surface area contributed by atoms with E-state index in [1.807, 2.05) is 49.7 Å². The summed E-state index contributed by atoms with van der Waals surface area (Å²) in [5.74, 6) is -0.131. The topological polar surface area (TPSA) is 72.7 Å². The zero-order chi connectivity index (χ0) is 17.3. The number of hydrogen-bond acceptors (Lipinski definition) is 5. The Kier molecular flexibility index (Phi) is 4.64. The molecule has 0 atom stereocenters. The molecule has 0 saturated carbocycles. The fourth-order valence-corrected chi connectivity index (χ4v) is 3.17. The van der Waals surface area contributed by atoms with Crippen molar-refractivity contribution in [2.24, 2.45) is 0 Å². The highest BCUT2D eigenvalue weighted by atomic mass is 35.5. The lowest BCUT2D eigenvalue weighted by Crippen LogP contribution is -2.15. The van der Waals surface area contributed by atoms with Crippen molar-refractivity contribution in [3.05, 3.63) is 51.2 Å². The fourth-order valence-electron chi connectivity index (χ4n) is 2.44. The van der Waals surface area contributed by atoms with Gasteiger partial charge in [-0.1, -0.05) is 22.9 Å². The molecule has 2 heterocycles. The average Bonchev–Trinajstić information content (AvgIpc) is 3.06.